The van der Waals surface area contributed by atoms with Gasteiger partial charge in [0.25, 0.3) is 0 Å². The monoisotopic (exact) mass is 328 g/mol. The van der Waals surface area contributed by atoms with Crippen molar-refractivity contribution in [3.8, 4) is 6.07 Å². The number of aromatic carboxylic acids is 1. The second-order valence-electron chi connectivity index (χ2n) is 3.17. The van der Waals surface area contributed by atoms with Crippen molar-refractivity contribution in [3.05, 3.63) is 28.2 Å². The number of anilines is 1. The van der Waals surface area contributed by atoms with Crippen LogP contribution in [0.2, 0.25) is 0 Å². The third-order valence-electron chi connectivity index (χ3n) is 1.91. The Morgan fingerprint density at radius 2 is 2.22 bits per heavy atom. The van der Waals surface area contributed by atoms with Crippen molar-refractivity contribution in [2.24, 2.45) is 0 Å². The third kappa shape index (κ3) is 4.05. The molecule has 18 heavy (non-hydrogen) atoms. The maximum atomic E-state index is 11.6. The molecule has 1 rings (SSSR count). The van der Waals surface area contributed by atoms with Gasteiger partial charge in [-0.05, 0) is 28.1 Å². The van der Waals surface area contributed by atoms with E-state index in [-0.39, 0.29) is 28.7 Å². The molecule has 0 bridgehead atoms. The second kappa shape index (κ2) is 7.03. The van der Waals surface area contributed by atoms with Gasteiger partial charge in [0.15, 0.2) is 0 Å². The van der Waals surface area contributed by atoms with Crippen LogP contribution in [0.5, 0.6) is 0 Å². The molecule has 0 radical (unpaired) electrons. The Morgan fingerprint density at radius 3 is 2.83 bits per heavy atom. The standard InChI is InChI=1S/C11H9BrN2O3S/c12-8-3-1-2-7(11(16)17)10(8)14-9(15)6-18-5-4-13/h1-3H,5-6H2,(H,14,15)(H,16,17). The number of thioether (sulfide) groups is 1. The first-order chi connectivity index (χ1) is 8.56. The summed E-state index contributed by atoms with van der Waals surface area (Å²) in [7, 11) is 0. The quantitative estimate of drug-likeness (QED) is 0.809. The number of para-hydroxylation sites is 1. The fourth-order valence-corrected chi connectivity index (χ4v) is 2.11. The molecule has 0 saturated heterocycles. The molecule has 94 valence electrons. The van der Waals surface area contributed by atoms with Gasteiger partial charge in [-0.1, -0.05) is 6.07 Å². The molecular formula is C11H9BrN2O3S. The number of hydrogen-bond acceptors (Lipinski definition) is 4. The average Bonchev–Trinajstić information content (AvgIpc) is 2.31. The van der Waals surface area contributed by atoms with Crippen molar-refractivity contribution in [2.45, 2.75) is 0 Å². The summed E-state index contributed by atoms with van der Waals surface area (Å²) in [5.41, 5.74) is 0.246. The maximum absolute atomic E-state index is 11.6. The van der Waals surface area contributed by atoms with Gasteiger partial charge in [-0.25, -0.2) is 4.79 Å². The van der Waals surface area contributed by atoms with Gasteiger partial charge in [0.2, 0.25) is 5.91 Å². The van der Waals surface area contributed by atoms with E-state index in [9.17, 15) is 9.59 Å². The number of carboxylic acids is 1. The van der Waals surface area contributed by atoms with E-state index < -0.39 is 5.97 Å². The Kier molecular flexibility index (Phi) is 5.68. The number of nitriles is 1. The number of rotatable bonds is 5. The second-order valence-corrected chi connectivity index (χ2v) is 5.01. The normalized spacial score (nSPS) is 9.56. The van der Waals surface area contributed by atoms with Gasteiger partial charge in [-0.2, -0.15) is 5.26 Å². The summed E-state index contributed by atoms with van der Waals surface area (Å²) in [6.45, 7) is 0. The van der Waals surface area contributed by atoms with Crippen molar-refractivity contribution < 1.29 is 14.7 Å². The molecule has 1 aromatic rings. The van der Waals surface area contributed by atoms with Crippen LogP contribution >= 0.6 is 27.7 Å². The lowest BCUT2D eigenvalue weighted by molar-refractivity contribution is -0.113. The fourth-order valence-electron chi connectivity index (χ4n) is 1.19. The Balaban J connectivity index is 2.81. The molecule has 5 nitrogen and oxygen atoms in total. The third-order valence-corrected chi connectivity index (χ3v) is 3.37. The number of hydrogen-bond donors (Lipinski definition) is 2. The molecule has 0 aliphatic heterocycles. The average molecular weight is 329 g/mol. The zero-order valence-corrected chi connectivity index (χ0v) is 11.5. The number of carboxylic acid groups (broad SMARTS) is 1. The molecule has 0 aromatic heterocycles. The molecule has 0 atom stereocenters. The van der Waals surface area contributed by atoms with Crippen LogP contribution in [-0.4, -0.2) is 28.5 Å². The van der Waals surface area contributed by atoms with Crippen LogP contribution in [0.1, 0.15) is 10.4 Å². The number of nitrogens with zero attached hydrogens (tertiary/aromatic N) is 1. The lowest BCUT2D eigenvalue weighted by Crippen LogP contribution is -2.17. The van der Waals surface area contributed by atoms with Gasteiger partial charge >= 0.3 is 5.97 Å². The van der Waals surface area contributed by atoms with Crippen LogP contribution in [0.3, 0.4) is 0 Å². The summed E-state index contributed by atoms with van der Waals surface area (Å²) >= 11 is 4.35. The fraction of sp³-hybridized carbons (Fsp3) is 0.182. The van der Waals surface area contributed by atoms with Crippen LogP contribution in [0, 0.1) is 11.3 Å². The smallest absolute Gasteiger partial charge is 0.337 e. The van der Waals surface area contributed by atoms with Crippen molar-refractivity contribution >= 4 is 45.3 Å². The summed E-state index contributed by atoms with van der Waals surface area (Å²) in [5, 5.41) is 19.9. The number of carbonyl (C=O) groups is 2. The predicted molar refractivity (Wildman–Crippen MR) is 72.7 cm³/mol. The summed E-state index contributed by atoms with van der Waals surface area (Å²) in [6, 6.07) is 6.54. The highest BCUT2D eigenvalue weighted by atomic mass is 79.9. The van der Waals surface area contributed by atoms with Gasteiger partial charge in [0.05, 0.1) is 28.8 Å². The Labute approximate surface area is 116 Å². The van der Waals surface area contributed by atoms with Gasteiger partial charge in [-0.3, -0.25) is 4.79 Å². The molecule has 1 amide bonds. The van der Waals surface area contributed by atoms with E-state index >= 15 is 0 Å². The molecule has 0 fully saturated rings. The Hall–Kier alpha value is -1.52. The topological polar surface area (TPSA) is 90.2 Å². The molecule has 0 heterocycles. The van der Waals surface area contributed by atoms with Crippen LogP contribution < -0.4 is 5.32 Å². The first-order valence-corrected chi connectivity index (χ1v) is 6.77. The number of benzene rings is 1. The molecule has 0 aliphatic rings. The SMILES string of the molecule is N#CCSCC(=O)Nc1c(Br)cccc1C(=O)O. The maximum Gasteiger partial charge on any atom is 0.337 e. The first-order valence-electron chi connectivity index (χ1n) is 4.82. The highest BCUT2D eigenvalue weighted by molar-refractivity contribution is 9.10. The Morgan fingerprint density at radius 1 is 1.50 bits per heavy atom. The van der Waals surface area contributed by atoms with Crippen LogP contribution in [0.25, 0.3) is 0 Å². The van der Waals surface area contributed by atoms with E-state index in [1.54, 1.807) is 12.1 Å². The van der Waals surface area contributed by atoms with E-state index in [1.165, 1.54) is 6.07 Å². The molecule has 2 N–H and O–H groups in total. The van der Waals surface area contributed by atoms with E-state index in [0.29, 0.717) is 4.47 Å². The van der Waals surface area contributed by atoms with E-state index in [2.05, 4.69) is 21.2 Å². The number of halogens is 1. The Bertz CT molecular complexity index is 514. The van der Waals surface area contributed by atoms with Gasteiger partial charge in [0, 0.05) is 4.47 Å². The van der Waals surface area contributed by atoms with Crippen LogP contribution in [0.4, 0.5) is 5.69 Å². The zero-order valence-electron chi connectivity index (χ0n) is 9.14. The lowest BCUT2D eigenvalue weighted by atomic mass is 10.2. The van der Waals surface area contributed by atoms with Gasteiger partial charge in [0.1, 0.15) is 0 Å². The van der Waals surface area contributed by atoms with Gasteiger partial charge in [-0.15, -0.1) is 11.8 Å². The highest BCUT2D eigenvalue weighted by Gasteiger charge is 2.14. The van der Waals surface area contributed by atoms with Crippen LogP contribution in [0.15, 0.2) is 22.7 Å². The molecule has 0 aliphatic carbocycles. The minimum Gasteiger partial charge on any atom is -0.478 e. The van der Waals surface area contributed by atoms with Crippen molar-refractivity contribution in [2.75, 3.05) is 16.8 Å². The summed E-state index contributed by atoms with van der Waals surface area (Å²) in [5.74, 6) is -1.13. The number of carbonyl (C=O) groups excluding carboxylic acids is 1. The number of nitrogens with one attached hydrogen (secondary N) is 1. The van der Waals surface area contributed by atoms with Crippen molar-refractivity contribution in [3.63, 3.8) is 0 Å². The summed E-state index contributed by atoms with van der Waals surface area (Å²) in [6.07, 6.45) is 0. The summed E-state index contributed by atoms with van der Waals surface area (Å²) in [4.78, 5) is 22.6. The lowest BCUT2D eigenvalue weighted by Gasteiger charge is -2.09. The van der Waals surface area contributed by atoms with E-state index in [0.717, 1.165) is 11.8 Å². The molecule has 0 unspecified atom stereocenters. The largest absolute Gasteiger partial charge is 0.478 e. The minimum absolute atomic E-state index is 0.0167. The molecular weight excluding hydrogens is 320 g/mol. The van der Waals surface area contributed by atoms with E-state index in [1.807, 2.05) is 6.07 Å². The predicted octanol–water partition coefficient (Wildman–Crippen LogP) is 2.34. The van der Waals surface area contributed by atoms with Gasteiger partial charge < -0.3 is 10.4 Å². The van der Waals surface area contributed by atoms with Crippen LogP contribution in [-0.2, 0) is 4.79 Å². The summed E-state index contributed by atoms with van der Waals surface area (Å²) < 4.78 is 0.501. The highest BCUT2D eigenvalue weighted by Crippen LogP contribution is 2.26. The van der Waals surface area contributed by atoms with Crippen molar-refractivity contribution in [1.29, 1.82) is 5.26 Å². The molecule has 1 aromatic carbocycles. The molecule has 7 heteroatoms. The molecule has 0 saturated carbocycles. The zero-order chi connectivity index (χ0) is 13.5. The minimum atomic E-state index is -1.11. The number of amides is 1. The van der Waals surface area contributed by atoms with Crippen molar-refractivity contribution in [1.82, 2.24) is 0 Å². The first kappa shape index (κ1) is 14.5. The van der Waals surface area contributed by atoms with E-state index in [4.69, 9.17) is 10.4 Å². The molecule has 0 spiro atoms.